The van der Waals surface area contributed by atoms with Gasteiger partial charge >= 0.3 is 0 Å². The Morgan fingerprint density at radius 1 is 1.18 bits per heavy atom. The van der Waals surface area contributed by atoms with Gasteiger partial charge in [0.1, 0.15) is 11.9 Å². The van der Waals surface area contributed by atoms with Crippen LogP contribution in [0.25, 0.3) is 0 Å². The molecule has 33 heavy (non-hydrogen) atoms. The van der Waals surface area contributed by atoms with E-state index < -0.39 is 29.6 Å². The fraction of sp³-hybridized carbons (Fsp3) is 0.400. The predicted molar refractivity (Wildman–Crippen MR) is 123 cm³/mol. The number of hydrogen-bond acceptors (Lipinski definition) is 4. The first-order chi connectivity index (χ1) is 15.6. The molecule has 1 fully saturated rings. The average Bonchev–Trinajstić information content (AvgIpc) is 3.18. The third-order valence-electron chi connectivity index (χ3n) is 5.57. The molecule has 3 N–H and O–H groups in total. The molecule has 3 amide bonds. The van der Waals surface area contributed by atoms with Crippen molar-refractivity contribution >= 4 is 23.4 Å². The highest BCUT2D eigenvalue weighted by molar-refractivity contribution is 5.99. The molecule has 2 aromatic rings. The second-order valence-corrected chi connectivity index (χ2v) is 9.26. The van der Waals surface area contributed by atoms with Gasteiger partial charge in [-0.2, -0.15) is 0 Å². The normalized spacial score (nSPS) is 16.8. The summed E-state index contributed by atoms with van der Waals surface area (Å²) in [4.78, 5) is 37.4. The third-order valence-corrected chi connectivity index (χ3v) is 5.57. The van der Waals surface area contributed by atoms with Crippen LogP contribution in [0.4, 0.5) is 10.1 Å². The summed E-state index contributed by atoms with van der Waals surface area (Å²) in [7, 11) is 1.59. The monoisotopic (exact) mass is 455 g/mol. The van der Waals surface area contributed by atoms with E-state index in [0.717, 1.165) is 5.56 Å². The number of methoxy groups -OCH3 is 1. The maximum Gasteiger partial charge on any atom is 0.251 e. The van der Waals surface area contributed by atoms with Crippen LogP contribution in [-0.4, -0.2) is 31.4 Å². The van der Waals surface area contributed by atoms with Crippen LogP contribution >= 0.6 is 0 Å². The van der Waals surface area contributed by atoms with Gasteiger partial charge in [0, 0.05) is 25.8 Å². The Kier molecular flexibility index (Phi) is 7.48. The van der Waals surface area contributed by atoms with Gasteiger partial charge in [0.15, 0.2) is 0 Å². The van der Waals surface area contributed by atoms with Gasteiger partial charge in [0.2, 0.25) is 11.8 Å². The highest BCUT2D eigenvalue weighted by atomic mass is 19.1. The van der Waals surface area contributed by atoms with Gasteiger partial charge in [-0.1, -0.05) is 51.1 Å². The number of rotatable bonds is 7. The molecule has 0 saturated carbocycles. The zero-order valence-electron chi connectivity index (χ0n) is 19.3. The van der Waals surface area contributed by atoms with Crippen LogP contribution < -0.4 is 16.0 Å². The van der Waals surface area contributed by atoms with Crippen molar-refractivity contribution in [1.29, 1.82) is 0 Å². The molecule has 0 aromatic heterocycles. The number of ether oxygens (including phenoxy) is 1. The minimum Gasteiger partial charge on any atom is -0.380 e. The number of hydrogen-bond donors (Lipinski definition) is 3. The first-order valence-electron chi connectivity index (χ1n) is 10.8. The lowest BCUT2D eigenvalue weighted by Gasteiger charge is -2.22. The molecule has 7 nitrogen and oxygen atoms in total. The van der Waals surface area contributed by atoms with Crippen LogP contribution in [0, 0.1) is 11.7 Å². The van der Waals surface area contributed by atoms with E-state index in [-0.39, 0.29) is 24.3 Å². The second kappa shape index (κ2) is 10.1. The number of carbonyl (C=O) groups is 3. The molecule has 0 spiro atoms. The van der Waals surface area contributed by atoms with Crippen molar-refractivity contribution in [2.45, 2.75) is 45.3 Å². The largest absolute Gasteiger partial charge is 0.380 e. The van der Waals surface area contributed by atoms with E-state index in [9.17, 15) is 18.8 Å². The number of halogens is 1. The molecule has 1 unspecified atom stereocenters. The number of carbonyl (C=O) groups excluding carboxylic acids is 3. The molecule has 2 atom stereocenters. The SMILES string of the molecule is COCc1ccc(C(NC(=O)[C@@H]2CNC(=O)C2)C(=O)Nc2ccc(C(C)(C)C)c(F)c2)cc1. The van der Waals surface area contributed by atoms with E-state index >= 15 is 0 Å². The van der Waals surface area contributed by atoms with E-state index in [2.05, 4.69) is 16.0 Å². The molecule has 0 bridgehead atoms. The lowest BCUT2D eigenvalue weighted by Crippen LogP contribution is -2.40. The Balaban J connectivity index is 1.83. The molecule has 0 aliphatic carbocycles. The fourth-order valence-corrected chi connectivity index (χ4v) is 3.74. The third kappa shape index (κ3) is 6.16. The Bertz CT molecular complexity index is 1030. The number of amides is 3. The van der Waals surface area contributed by atoms with Crippen LogP contribution in [0.5, 0.6) is 0 Å². The maximum atomic E-state index is 14.6. The van der Waals surface area contributed by atoms with Gasteiger partial charge in [0.25, 0.3) is 5.91 Å². The number of nitrogens with one attached hydrogen (secondary N) is 3. The van der Waals surface area contributed by atoms with Crippen molar-refractivity contribution < 1.29 is 23.5 Å². The molecule has 1 aliphatic heterocycles. The highest BCUT2D eigenvalue weighted by Crippen LogP contribution is 2.27. The van der Waals surface area contributed by atoms with Crippen LogP contribution in [-0.2, 0) is 31.1 Å². The molecule has 3 rings (SSSR count). The van der Waals surface area contributed by atoms with Gasteiger partial charge in [-0.05, 0) is 34.2 Å². The summed E-state index contributed by atoms with van der Waals surface area (Å²) in [6.45, 7) is 6.37. The van der Waals surface area contributed by atoms with E-state index in [1.807, 2.05) is 32.9 Å². The number of anilines is 1. The van der Waals surface area contributed by atoms with Crippen LogP contribution in [0.1, 0.15) is 49.9 Å². The minimum atomic E-state index is -1.02. The van der Waals surface area contributed by atoms with E-state index in [1.54, 1.807) is 31.4 Å². The molecule has 8 heteroatoms. The zero-order valence-corrected chi connectivity index (χ0v) is 19.3. The Morgan fingerprint density at radius 3 is 2.42 bits per heavy atom. The first-order valence-corrected chi connectivity index (χ1v) is 10.8. The minimum absolute atomic E-state index is 0.0758. The van der Waals surface area contributed by atoms with Gasteiger partial charge in [-0.3, -0.25) is 14.4 Å². The summed E-state index contributed by atoms with van der Waals surface area (Å²) in [6, 6.07) is 10.6. The summed E-state index contributed by atoms with van der Waals surface area (Å²) in [5, 5.41) is 8.07. The Morgan fingerprint density at radius 2 is 1.88 bits per heavy atom. The Hall–Kier alpha value is -3.26. The topological polar surface area (TPSA) is 96.5 Å². The van der Waals surface area contributed by atoms with Gasteiger partial charge in [-0.25, -0.2) is 4.39 Å². The second-order valence-electron chi connectivity index (χ2n) is 9.26. The van der Waals surface area contributed by atoms with Crippen molar-refractivity contribution in [2.24, 2.45) is 5.92 Å². The van der Waals surface area contributed by atoms with Crippen molar-refractivity contribution in [3.05, 3.63) is 65.0 Å². The van der Waals surface area contributed by atoms with E-state index in [4.69, 9.17) is 4.74 Å². The molecule has 1 heterocycles. The predicted octanol–water partition coefficient (Wildman–Crippen LogP) is 3.20. The van der Waals surface area contributed by atoms with Crippen molar-refractivity contribution in [2.75, 3.05) is 19.0 Å². The lowest BCUT2D eigenvalue weighted by molar-refractivity contribution is -0.129. The Labute approximate surface area is 193 Å². The van der Waals surface area contributed by atoms with Crippen molar-refractivity contribution in [3.8, 4) is 0 Å². The quantitative estimate of drug-likeness (QED) is 0.597. The summed E-state index contributed by atoms with van der Waals surface area (Å²) >= 11 is 0. The van der Waals surface area contributed by atoms with Crippen LogP contribution in [0.2, 0.25) is 0 Å². The van der Waals surface area contributed by atoms with E-state index in [0.29, 0.717) is 23.4 Å². The standard InChI is InChI=1S/C25H30FN3O4/c1-25(2,3)19-10-9-18(12-20(19)26)28-24(32)22(16-7-5-15(6-8-16)14-33-4)29-23(31)17-11-21(30)27-13-17/h5-10,12,17,22H,11,13-14H2,1-4H3,(H,27,30)(H,28,32)(H,29,31)/t17-,22?/m0/s1. The van der Waals surface area contributed by atoms with E-state index in [1.165, 1.54) is 6.07 Å². The summed E-state index contributed by atoms with van der Waals surface area (Å²) in [5.74, 6) is -2.08. The zero-order chi connectivity index (χ0) is 24.2. The van der Waals surface area contributed by atoms with Gasteiger partial charge < -0.3 is 20.7 Å². The average molecular weight is 456 g/mol. The lowest BCUT2D eigenvalue weighted by atomic mass is 9.86. The van der Waals surface area contributed by atoms with Crippen LogP contribution in [0.3, 0.4) is 0 Å². The molecular weight excluding hydrogens is 425 g/mol. The molecule has 1 saturated heterocycles. The molecule has 0 radical (unpaired) electrons. The summed E-state index contributed by atoms with van der Waals surface area (Å²) in [5.41, 5.74) is 1.93. The number of benzene rings is 2. The summed E-state index contributed by atoms with van der Waals surface area (Å²) < 4.78 is 19.7. The van der Waals surface area contributed by atoms with Crippen molar-refractivity contribution in [3.63, 3.8) is 0 Å². The smallest absolute Gasteiger partial charge is 0.251 e. The van der Waals surface area contributed by atoms with Crippen LogP contribution in [0.15, 0.2) is 42.5 Å². The van der Waals surface area contributed by atoms with Crippen molar-refractivity contribution in [1.82, 2.24) is 10.6 Å². The van der Waals surface area contributed by atoms with Gasteiger partial charge in [0.05, 0.1) is 12.5 Å². The molecule has 1 aliphatic rings. The first kappa shape index (κ1) is 24.4. The maximum absolute atomic E-state index is 14.6. The summed E-state index contributed by atoms with van der Waals surface area (Å²) in [6.07, 6.45) is 0.0758. The van der Waals surface area contributed by atoms with Gasteiger partial charge in [-0.15, -0.1) is 0 Å². The molecule has 2 aromatic carbocycles. The fourth-order valence-electron chi connectivity index (χ4n) is 3.74. The highest BCUT2D eigenvalue weighted by Gasteiger charge is 2.32. The molecule has 176 valence electrons. The molecular formula is C25H30FN3O4.